The van der Waals surface area contributed by atoms with Gasteiger partial charge in [0.15, 0.2) is 0 Å². The van der Waals surface area contributed by atoms with E-state index in [1.807, 2.05) is 0 Å². The van der Waals surface area contributed by atoms with E-state index in [-0.39, 0.29) is 17.6 Å². The Labute approximate surface area is 139 Å². The average Bonchev–Trinajstić information content (AvgIpc) is 2.46. The fourth-order valence-corrected chi connectivity index (χ4v) is 2.48. The molecule has 1 fully saturated rings. The van der Waals surface area contributed by atoms with E-state index >= 15 is 0 Å². The molecule has 0 saturated carbocycles. The lowest BCUT2D eigenvalue weighted by molar-refractivity contribution is -0.274. The Bertz CT molecular complexity index is 556. The van der Waals surface area contributed by atoms with Crippen LogP contribution in [0.1, 0.15) is 45.1 Å². The molecule has 7 heteroatoms. The van der Waals surface area contributed by atoms with Crippen molar-refractivity contribution >= 4 is 5.97 Å². The monoisotopic (exact) mass is 345 g/mol. The SMILES string of the molecule is CC(C)(C)C(=O)ON1CCC(c2ccc(OC(F)(F)F)cc2)CC1. The second-order valence-corrected chi connectivity index (χ2v) is 6.95. The van der Waals surface area contributed by atoms with E-state index in [4.69, 9.17) is 4.84 Å². The lowest BCUT2D eigenvalue weighted by atomic mass is 9.90. The lowest BCUT2D eigenvalue weighted by Gasteiger charge is -2.32. The number of carbonyl (C=O) groups is 1. The molecule has 0 aromatic heterocycles. The first-order valence-electron chi connectivity index (χ1n) is 7.88. The van der Waals surface area contributed by atoms with Crippen molar-refractivity contribution in [2.75, 3.05) is 13.1 Å². The molecule has 1 aromatic rings. The molecule has 0 atom stereocenters. The van der Waals surface area contributed by atoms with Crippen LogP contribution in [0.5, 0.6) is 5.75 Å². The van der Waals surface area contributed by atoms with Gasteiger partial charge in [-0.2, -0.15) is 0 Å². The van der Waals surface area contributed by atoms with Crippen LogP contribution in [-0.4, -0.2) is 30.5 Å². The summed E-state index contributed by atoms with van der Waals surface area (Å²) in [6.07, 6.45) is -3.13. The number of alkyl halides is 3. The molecule has 0 aliphatic carbocycles. The highest BCUT2D eigenvalue weighted by molar-refractivity contribution is 5.75. The van der Waals surface area contributed by atoms with Crippen molar-refractivity contribution in [3.63, 3.8) is 0 Å². The van der Waals surface area contributed by atoms with Crippen molar-refractivity contribution < 1.29 is 27.5 Å². The minimum absolute atomic E-state index is 0.220. The first-order chi connectivity index (χ1) is 11.0. The highest BCUT2D eigenvalue weighted by Gasteiger charge is 2.31. The van der Waals surface area contributed by atoms with Gasteiger partial charge in [-0.3, -0.25) is 0 Å². The Hall–Kier alpha value is -1.76. The molecule has 1 heterocycles. The van der Waals surface area contributed by atoms with Crippen LogP contribution in [-0.2, 0) is 9.63 Å². The Kier molecular flexibility index (Phi) is 5.42. The molecule has 0 unspecified atom stereocenters. The Balaban J connectivity index is 1.87. The smallest absolute Gasteiger partial charge is 0.406 e. The average molecular weight is 345 g/mol. The first kappa shape index (κ1) is 18.6. The zero-order valence-electron chi connectivity index (χ0n) is 14.0. The minimum Gasteiger partial charge on any atom is -0.406 e. The van der Waals surface area contributed by atoms with Crippen molar-refractivity contribution in [3.8, 4) is 5.75 Å². The predicted molar refractivity (Wildman–Crippen MR) is 82.2 cm³/mol. The third-order valence-electron chi connectivity index (χ3n) is 3.86. The van der Waals surface area contributed by atoms with Crippen molar-refractivity contribution in [2.45, 2.75) is 45.9 Å². The number of nitrogens with zero attached hydrogens (tertiary/aromatic N) is 1. The Morgan fingerprint density at radius 3 is 2.08 bits per heavy atom. The van der Waals surface area contributed by atoms with E-state index in [1.165, 1.54) is 12.1 Å². The first-order valence-corrected chi connectivity index (χ1v) is 7.88. The summed E-state index contributed by atoms with van der Waals surface area (Å²) in [5.41, 5.74) is 0.414. The van der Waals surface area contributed by atoms with E-state index in [0.29, 0.717) is 13.1 Å². The molecular formula is C17H22F3NO3. The predicted octanol–water partition coefficient (Wildman–Crippen LogP) is 4.27. The molecule has 1 saturated heterocycles. The maximum atomic E-state index is 12.2. The number of hydroxylamine groups is 2. The highest BCUT2D eigenvalue weighted by Crippen LogP contribution is 2.31. The van der Waals surface area contributed by atoms with Gasteiger partial charge in [-0.05, 0) is 57.2 Å². The van der Waals surface area contributed by atoms with Gasteiger partial charge in [0.1, 0.15) is 5.75 Å². The number of benzene rings is 1. The maximum Gasteiger partial charge on any atom is 0.573 e. The normalized spacial score (nSPS) is 17.6. The molecule has 134 valence electrons. The zero-order chi connectivity index (χ0) is 18.0. The van der Waals surface area contributed by atoms with E-state index < -0.39 is 11.8 Å². The van der Waals surface area contributed by atoms with Gasteiger partial charge in [0.25, 0.3) is 0 Å². The van der Waals surface area contributed by atoms with Crippen LogP contribution in [0.3, 0.4) is 0 Å². The fourth-order valence-electron chi connectivity index (χ4n) is 2.48. The van der Waals surface area contributed by atoms with Gasteiger partial charge in [-0.25, -0.2) is 4.79 Å². The van der Waals surface area contributed by atoms with E-state index in [0.717, 1.165) is 18.4 Å². The summed E-state index contributed by atoms with van der Waals surface area (Å²) in [6, 6.07) is 5.97. The summed E-state index contributed by atoms with van der Waals surface area (Å²) in [6.45, 7) is 6.60. The number of ether oxygens (including phenoxy) is 1. The maximum absolute atomic E-state index is 12.2. The fraction of sp³-hybridized carbons (Fsp3) is 0.588. The molecule has 1 aliphatic rings. The topological polar surface area (TPSA) is 38.8 Å². The van der Waals surface area contributed by atoms with Gasteiger partial charge >= 0.3 is 12.3 Å². The molecule has 0 N–H and O–H groups in total. The van der Waals surface area contributed by atoms with Crippen LogP contribution in [0.15, 0.2) is 24.3 Å². The molecule has 0 bridgehead atoms. The molecule has 1 aliphatic heterocycles. The summed E-state index contributed by atoms with van der Waals surface area (Å²) in [7, 11) is 0. The number of rotatable bonds is 3. The lowest BCUT2D eigenvalue weighted by Crippen LogP contribution is -2.38. The third-order valence-corrected chi connectivity index (χ3v) is 3.86. The van der Waals surface area contributed by atoms with Crippen molar-refractivity contribution in [2.24, 2.45) is 5.41 Å². The molecule has 4 nitrogen and oxygen atoms in total. The van der Waals surface area contributed by atoms with Crippen LogP contribution >= 0.6 is 0 Å². The number of halogens is 3. The van der Waals surface area contributed by atoms with Crippen LogP contribution in [0, 0.1) is 5.41 Å². The van der Waals surface area contributed by atoms with E-state index in [9.17, 15) is 18.0 Å². The van der Waals surface area contributed by atoms with Gasteiger partial charge in [0.2, 0.25) is 0 Å². The van der Waals surface area contributed by atoms with E-state index in [1.54, 1.807) is 38.0 Å². The number of carbonyl (C=O) groups excluding carboxylic acids is 1. The van der Waals surface area contributed by atoms with Crippen LogP contribution in [0.4, 0.5) is 13.2 Å². The van der Waals surface area contributed by atoms with Crippen molar-refractivity contribution in [1.29, 1.82) is 0 Å². The molecule has 0 spiro atoms. The van der Waals surface area contributed by atoms with Gasteiger partial charge in [-0.1, -0.05) is 12.1 Å². The standard InChI is InChI=1S/C17H22F3NO3/c1-16(2,3)15(22)24-21-10-8-13(9-11-21)12-4-6-14(7-5-12)23-17(18,19)20/h4-7,13H,8-11H2,1-3H3. The largest absolute Gasteiger partial charge is 0.573 e. The van der Waals surface area contributed by atoms with Gasteiger partial charge < -0.3 is 9.57 Å². The zero-order valence-corrected chi connectivity index (χ0v) is 14.0. The Morgan fingerprint density at radius 2 is 1.62 bits per heavy atom. The number of hydrogen-bond donors (Lipinski definition) is 0. The van der Waals surface area contributed by atoms with Crippen LogP contribution in [0.25, 0.3) is 0 Å². The van der Waals surface area contributed by atoms with Gasteiger partial charge in [0.05, 0.1) is 5.41 Å². The molecule has 1 aromatic carbocycles. The van der Waals surface area contributed by atoms with E-state index in [2.05, 4.69) is 4.74 Å². The molecule has 24 heavy (non-hydrogen) atoms. The summed E-state index contributed by atoms with van der Waals surface area (Å²) in [5.74, 6) is -0.257. The number of piperidine rings is 1. The molecular weight excluding hydrogens is 323 g/mol. The second kappa shape index (κ2) is 7.01. The summed E-state index contributed by atoms with van der Waals surface area (Å²) in [4.78, 5) is 17.2. The van der Waals surface area contributed by atoms with Crippen molar-refractivity contribution in [3.05, 3.63) is 29.8 Å². The van der Waals surface area contributed by atoms with Gasteiger partial charge in [0, 0.05) is 13.1 Å². The van der Waals surface area contributed by atoms with Gasteiger partial charge in [-0.15, -0.1) is 18.2 Å². The molecule has 2 rings (SSSR count). The second-order valence-electron chi connectivity index (χ2n) is 6.95. The summed E-state index contributed by atoms with van der Waals surface area (Å²) in [5, 5.41) is 1.66. The highest BCUT2D eigenvalue weighted by atomic mass is 19.4. The minimum atomic E-state index is -4.68. The van der Waals surface area contributed by atoms with Crippen LogP contribution < -0.4 is 4.74 Å². The third kappa shape index (κ3) is 5.40. The van der Waals surface area contributed by atoms with Crippen LogP contribution in [0.2, 0.25) is 0 Å². The summed E-state index contributed by atoms with van der Waals surface area (Å²) < 4.78 is 40.3. The quantitative estimate of drug-likeness (QED) is 0.820. The van der Waals surface area contributed by atoms with Crippen molar-refractivity contribution in [1.82, 2.24) is 5.06 Å². The molecule has 0 amide bonds. The number of hydrogen-bond acceptors (Lipinski definition) is 4. The summed E-state index contributed by atoms with van der Waals surface area (Å²) >= 11 is 0. The Morgan fingerprint density at radius 1 is 1.08 bits per heavy atom. The molecule has 0 radical (unpaired) electrons.